The number of halogens is 1. The standard InChI is InChI=1S/C19H20BrNO2/c20-17-8-5-15(6-9-17)19(22)21-11-12-23-18-10-7-14-3-1-2-4-16(14)13-18/h5-10,13H,1-4,11-12H2,(H,21,22). The van der Waals surface area contributed by atoms with E-state index in [1.807, 2.05) is 18.2 Å². The highest BCUT2D eigenvalue weighted by Gasteiger charge is 2.10. The molecule has 0 spiro atoms. The Balaban J connectivity index is 1.46. The molecule has 0 saturated heterocycles. The molecule has 0 fully saturated rings. The number of fused-ring (bicyclic) bond motifs is 1. The van der Waals surface area contributed by atoms with E-state index in [2.05, 4.69) is 33.4 Å². The number of hydrogen-bond donors (Lipinski definition) is 1. The van der Waals surface area contributed by atoms with Crippen molar-refractivity contribution in [1.82, 2.24) is 5.32 Å². The summed E-state index contributed by atoms with van der Waals surface area (Å²) in [6.07, 6.45) is 4.88. The maximum absolute atomic E-state index is 12.0. The molecule has 0 atom stereocenters. The summed E-state index contributed by atoms with van der Waals surface area (Å²) in [5.74, 6) is 0.815. The van der Waals surface area contributed by atoms with Crippen molar-refractivity contribution in [2.45, 2.75) is 25.7 Å². The number of benzene rings is 2. The molecule has 0 aliphatic heterocycles. The van der Waals surface area contributed by atoms with Crippen molar-refractivity contribution in [2.75, 3.05) is 13.2 Å². The third kappa shape index (κ3) is 4.35. The summed E-state index contributed by atoms with van der Waals surface area (Å²) in [7, 11) is 0. The van der Waals surface area contributed by atoms with Gasteiger partial charge in [-0.3, -0.25) is 4.79 Å². The van der Waals surface area contributed by atoms with Crippen LogP contribution in [-0.2, 0) is 12.8 Å². The van der Waals surface area contributed by atoms with Crippen molar-refractivity contribution in [3.8, 4) is 5.75 Å². The molecule has 0 unspecified atom stereocenters. The molecule has 2 aromatic rings. The SMILES string of the molecule is O=C(NCCOc1ccc2c(c1)CCCC2)c1ccc(Br)cc1. The van der Waals surface area contributed by atoms with Crippen LogP contribution in [0.1, 0.15) is 34.3 Å². The van der Waals surface area contributed by atoms with Crippen LogP contribution in [-0.4, -0.2) is 19.1 Å². The van der Waals surface area contributed by atoms with E-state index in [9.17, 15) is 4.79 Å². The maximum Gasteiger partial charge on any atom is 0.251 e. The van der Waals surface area contributed by atoms with Gasteiger partial charge in [-0.25, -0.2) is 0 Å². The first-order valence-corrected chi connectivity index (χ1v) is 8.80. The summed E-state index contributed by atoms with van der Waals surface area (Å²) in [6.45, 7) is 0.965. The molecular formula is C19H20BrNO2. The second kappa shape index (κ2) is 7.64. The fourth-order valence-corrected chi connectivity index (χ4v) is 3.10. The van der Waals surface area contributed by atoms with E-state index in [4.69, 9.17) is 4.74 Å². The Kier molecular flexibility index (Phi) is 5.34. The quantitative estimate of drug-likeness (QED) is 0.799. The summed E-state index contributed by atoms with van der Waals surface area (Å²) in [5, 5.41) is 2.87. The molecule has 3 rings (SSSR count). The van der Waals surface area contributed by atoms with Crippen molar-refractivity contribution in [3.05, 3.63) is 63.6 Å². The third-order valence-electron chi connectivity index (χ3n) is 4.08. The van der Waals surface area contributed by atoms with Gasteiger partial charge in [-0.1, -0.05) is 22.0 Å². The van der Waals surface area contributed by atoms with Crippen LogP contribution >= 0.6 is 15.9 Å². The van der Waals surface area contributed by atoms with Crippen LogP contribution < -0.4 is 10.1 Å². The highest BCUT2D eigenvalue weighted by atomic mass is 79.9. The number of rotatable bonds is 5. The fraction of sp³-hybridized carbons (Fsp3) is 0.316. The average Bonchev–Trinajstić information content (AvgIpc) is 2.59. The summed E-state index contributed by atoms with van der Waals surface area (Å²) in [6, 6.07) is 13.7. The van der Waals surface area contributed by atoms with Gasteiger partial charge in [0.1, 0.15) is 12.4 Å². The number of nitrogens with one attached hydrogen (secondary N) is 1. The summed E-state index contributed by atoms with van der Waals surface area (Å²) in [5.41, 5.74) is 3.52. The van der Waals surface area contributed by atoms with Gasteiger partial charge < -0.3 is 10.1 Å². The molecule has 0 bridgehead atoms. The van der Waals surface area contributed by atoms with E-state index >= 15 is 0 Å². The molecule has 0 radical (unpaired) electrons. The van der Waals surface area contributed by atoms with Crippen molar-refractivity contribution >= 4 is 21.8 Å². The molecule has 23 heavy (non-hydrogen) atoms. The predicted molar refractivity (Wildman–Crippen MR) is 95.1 cm³/mol. The molecule has 2 aromatic carbocycles. The lowest BCUT2D eigenvalue weighted by Crippen LogP contribution is -2.28. The molecule has 1 amide bonds. The zero-order valence-corrected chi connectivity index (χ0v) is 14.6. The summed E-state index contributed by atoms with van der Waals surface area (Å²) >= 11 is 3.36. The number of amides is 1. The topological polar surface area (TPSA) is 38.3 Å². The Morgan fingerprint density at radius 2 is 1.78 bits per heavy atom. The molecule has 4 heteroatoms. The Hall–Kier alpha value is -1.81. The lowest BCUT2D eigenvalue weighted by atomic mass is 9.92. The zero-order valence-electron chi connectivity index (χ0n) is 13.0. The van der Waals surface area contributed by atoms with Gasteiger partial charge in [0.15, 0.2) is 0 Å². The molecule has 1 N–H and O–H groups in total. The minimum Gasteiger partial charge on any atom is -0.492 e. The highest BCUT2D eigenvalue weighted by molar-refractivity contribution is 9.10. The van der Waals surface area contributed by atoms with Crippen molar-refractivity contribution in [3.63, 3.8) is 0 Å². The second-order valence-corrected chi connectivity index (χ2v) is 6.66. The monoisotopic (exact) mass is 373 g/mol. The van der Waals surface area contributed by atoms with Crippen molar-refractivity contribution in [2.24, 2.45) is 0 Å². The normalized spacial score (nSPS) is 13.3. The molecule has 0 heterocycles. The first-order chi connectivity index (χ1) is 11.2. The van der Waals surface area contributed by atoms with E-state index < -0.39 is 0 Å². The van der Waals surface area contributed by atoms with Crippen molar-refractivity contribution in [1.29, 1.82) is 0 Å². The Labute approximate surface area is 145 Å². The smallest absolute Gasteiger partial charge is 0.251 e. The Morgan fingerprint density at radius 3 is 2.57 bits per heavy atom. The largest absolute Gasteiger partial charge is 0.492 e. The summed E-state index contributed by atoms with van der Waals surface area (Å²) < 4.78 is 6.72. The molecule has 1 aliphatic rings. The second-order valence-electron chi connectivity index (χ2n) is 5.75. The number of carbonyl (C=O) groups is 1. The zero-order chi connectivity index (χ0) is 16.1. The van der Waals surface area contributed by atoms with Gasteiger partial charge in [0, 0.05) is 10.0 Å². The minimum absolute atomic E-state index is 0.0773. The van der Waals surface area contributed by atoms with Gasteiger partial charge in [0.05, 0.1) is 6.54 Å². The average molecular weight is 374 g/mol. The van der Waals surface area contributed by atoms with Gasteiger partial charge in [-0.2, -0.15) is 0 Å². The van der Waals surface area contributed by atoms with Gasteiger partial charge in [-0.15, -0.1) is 0 Å². The fourth-order valence-electron chi connectivity index (χ4n) is 2.84. The van der Waals surface area contributed by atoms with Crippen LogP contribution in [0.25, 0.3) is 0 Å². The number of carbonyl (C=O) groups excluding carboxylic acids is 1. The lowest BCUT2D eigenvalue weighted by Gasteiger charge is -2.16. The molecule has 0 saturated carbocycles. The van der Waals surface area contributed by atoms with Gasteiger partial charge in [0.2, 0.25) is 0 Å². The Bertz CT molecular complexity index is 682. The first-order valence-electron chi connectivity index (χ1n) is 8.01. The molecule has 120 valence electrons. The molecule has 1 aliphatic carbocycles. The van der Waals surface area contributed by atoms with Gasteiger partial charge in [-0.05, 0) is 73.2 Å². The Morgan fingerprint density at radius 1 is 1.04 bits per heavy atom. The molecule has 3 nitrogen and oxygen atoms in total. The van der Waals surface area contributed by atoms with Crippen LogP contribution in [0.4, 0.5) is 0 Å². The van der Waals surface area contributed by atoms with Crippen LogP contribution in [0.3, 0.4) is 0 Å². The minimum atomic E-state index is -0.0773. The van der Waals surface area contributed by atoms with Crippen LogP contribution in [0.2, 0.25) is 0 Å². The van der Waals surface area contributed by atoms with Crippen LogP contribution in [0, 0.1) is 0 Å². The number of ether oxygens (including phenoxy) is 1. The van der Waals surface area contributed by atoms with E-state index in [1.165, 1.54) is 30.4 Å². The number of aryl methyl sites for hydroxylation is 2. The maximum atomic E-state index is 12.0. The number of hydrogen-bond acceptors (Lipinski definition) is 2. The predicted octanol–water partition coefficient (Wildman–Crippen LogP) is 4.14. The van der Waals surface area contributed by atoms with Crippen LogP contribution in [0.5, 0.6) is 5.75 Å². The van der Waals surface area contributed by atoms with E-state index in [-0.39, 0.29) is 5.91 Å². The van der Waals surface area contributed by atoms with Crippen molar-refractivity contribution < 1.29 is 9.53 Å². The third-order valence-corrected chi connectivity index (χ3v) is 4.61. The first kappa shape index (κ1) is 16.1. The molecular weight excluding hydrogens is 354 g/mol. The van der Waals surface area contributed by atoms with Crippen LogP contribution in [0.15, 0.2) is 46.9 Å². The highest BCUT2D eigenvalue weighted by Crippen LogP contribution is 2.25. The lowest BCUT2D eigenvalue weighted by molar-refractivity contribution is 0.0947. The van der Waals surface area contributed by atoms with Gasteiger partial charge in [0.25, 0.3) is 5.91 Å². The van der Waals surface area contributed by atoms with E-state index in [0.717, 1.165) is 16.6 Å². The van der Waals surface area contributed by atoms with E-state index in [0.29, 0.717) is 18.7 Å². The van der Waals surface area contributed by atoms with E-state index in [1.54, 1.807) is 12.1 Å². The molecule has 0 aromatic heterocycles. The summed E-state index contributed by atoms with van der Waals surface area (Å²) in [4.78, 5) is 12.0. The van der Waals surface area contributed by atoms with Gasteiger partial charge >= 0.3 is 0 Å².